The predicted octanol–water partition coefficient (Wildman–Crippen LogP) is 2.57. The second-order valence-electron chi connectivity index (χ2n) is 10.5. The van der Waals surface area contributed by atoms with Crippen LogP contribution >= 0.6 is 0 Å². The molecule has 0 spiro atoms. The van der Waals surface area contributed by atoms with Crippen molar-refractivity contribution >= 4 is 11.9 Å². The van der Waals surface area contributed by atoms with Crippen LogP contribution in [0.4, 0.5) is 0 Å². The molecule has 2 aliphatic rings. The van der Waals surface area contributed by atoms with Crippen molar-refractivity contribution in [1.29, 1.82) is 0 Å². The molecule has 1 saturated carbocycles. The van der Waals surface area contributed by atoms with Gasteiger partial charge in [0.05, 0.1) is 63.2 Å². The number of aromatic nitrogens is 2. The minimum Gasteiger partial charge on any atom is -0.477 e. The van der Waals surface area contributed by atoms with E-state index in [9.17, 15) is 19.8 Å². The van der Waals surface area contributed by atoms with E-state index in [1.807, 2.05) is 12.1 Å². The number of ether oxygens (including phenoxy) is 4. The molecular weight excluding hydrogens is 544 g/mol. The quantitative estimate of drug-likeness (QED) is 0.513. The Morgan fingerprint density at radius 2 is 1.10 bits per heavy atom. The van der Waals surface area contributed by atoms with Crippen molar-refractivity contribution in [2.24, 2.45) is 0 Å². The highest BCUT2D eigenvalue weighted by Crippen LogP contribution is 2.24. The van der Waals surface area contributed by atoms with Gasteiger partial charge in [-0.3, -0.25) is 9.80 Å². The lowest BCUT2D eigenvalue weighted by atomic mass is 9.94. The monoisotopic (exact) mass is 586 g/mol. The highest BCUT2D eigenvalue weighted by atomic mass is 16.5. The summed E-state index contributed by atoms with van der Waals surface area (Å²) in [7, 11) is 0. The molecule has 2 fully saturated rings. The normalized spacial score (nSPS) is 22.9. The summed E-state index contributed by atoms with van der Waals surface area (Å²) in [4.78, 5) is 35.6. The minimum atomic E-state index is -1.04. The summed E-state index contributed by atoms with van der Waals surface area (Å²) in [5, 5.41) is 18.6. The van der Waals surface area contributed by atoms with E-state index in [0.717, 1.165) is 25.7 Å². The van der Waals surface area contributed by atoms with E-state index in [1.165, 1.54) is 12.1 Å². The van der Waals surface area contributed by atoms with E-state index < -0.39 is 11.9 Å². The van der Waals surface area contributed by atoms with Crippen molar-refractivity contribution in [2.75, 3.05) is 65.8 Å². The zero-order chi connectivity index (χ0) is 29.6. The number of hydrogen-bond donors (Lipinski definition) is 2. The molecule has 3 heterocycles. The third-order valence-corrected chi connectivity index (χ3v) is 7.42. The Bertz CT molecular complexity index is 1050. The molecule has 1 saturated heterocycles. The van der Waals surface area contributed by atoms with Gasteiger partial charge in [-0.1, -0.05) is 25.0 Å². The van der Waals surface area contributed by atoms with E-state index >= 15 is 0 Å². The van der Waals surface area contributed by atoms with Crippen molar-refractivity contribution in [3.63, 3.8) is 0 Å². The molecule has 1 aliphatic carbocycles. The Hall–Kier alpha value is -3.00. The Balaban J connectivity index is 1.36. The predicted molar refractivity (Wildman–Crippen MR) is 153 cm³/mol. The van der Waals surface area contributed by atoms with Gasteiger partial charge in [-0.25, -0.2) is 19.6 Å². The molecular formula is C30H42N4O8. The van der Waals surface area contributed by atoms with Crippen LogP contribution in [0.15, 0.2) is 36.4 Å². The maximum Gasteiger partial charge on any atom is 0.354 e. The van der Waals surface area contributed by atoms with Crippen molar-refractivity contribution < 1.29 is 38.7 Å². The fourth-order valence-electron chi connectivity index (χ4n) is 5.19. The van der Waals surface area contributed by atoms with E-state index in [0.29, 0.717) is 90.3 Å². The molecule has 2 N–H and O–H groups in total. The number of nitrogens with zero attached hydrogens (tertiary/aromatic N) is 4. The molecule has 0 bridgehead atoms. The number of rotatable bonds is 6. The van der Waals surface area contributed by atoms with E-state index in [-0.39, 0.29) is 23.6 Å². The summed E-state index contributed by atoms with van der Waals surface area (Å²) >= 11 is 0. The van der Waals surface area contributed by atoms with Gasteiger partial charge < -0.3 is 29.2 Å². The first-order valence-electron chi connectivity index (χ1n) is 14.7. The molecule has 0 radical (unpaired) electrons. The van der Waals surface area contributed by atoms with Crippen LogP contribution in [-0.2, 0) is 32.0 Å². The van der Waals surface area contributed by atoms with Crippen LogP contribution in [0, 0.1) is 0 Å². The van der Waals surface area contributed by atoms with E-state index in [4.69, 9.17) is 18.9 Å². The van der Waals surface area contributed by atoms with Gasteiger partial charge in [0.25, 0.3) is 0 Å². The number of pyridine rings is 2. The minimum absolute atomic E-state index is 0.00916. The van der Waals surface area contributed by atoms with E-state index in [2.05, 4.69) is 19.8 Å². The Kier molecular flexibility index (Phi) is 13.1. The number of carboxylic acid groups (broad SMARTS) is 2. The largest absolute Gasteiger partial charge is 0.477 e. The smallest absolute Gasteiger partial charge is 0.354 e. The van der Waals surface area contributed by atoms with Crippen molar-refractivity contribution in [3.8, 4) is 0 Å². The molecule has 0 amide bonds. The molecule has 12 heteroatoms. The standard InChI is InChI=1S/C30H42N4O8/c35-29(36)25-7-3-5-23(31-25)21-33-11-15-39-19-20-40-16-12-34(22-24-6-4-8-26(32-24)30(37)38)14-18-42-28-10-2-1-9-27(28)41-17-13-33/h3-8,27-28H,1-2,9-22H2,(H,35,36)(H,37,38). The SMILES string of the molecule is O=C(O)c1cccc(CN2CCOCCOCCN(Cc3cccc(C(=O)O)n3)CCOC3CCCCC3OCC2)n1. The summed E-state index contributed by atoms with van der Waals surface area (Å²) < 4.78 is 24.4. The van der Waals surface area contributed by atoms with Gasteiger partial charge in [0.15, 0.2) is 0 Å². The number of carboxylic acids is 2. The van der Waals surface area contributed by atoms with Gasteiger partial charge >= 0.3 is 11.9 Å². The van der Waals surface area contributed by atoms with Crippen LogP contribution in [0.3, 0.4) is 0 Å². The number of hydrogen-bond acceptors (Lipinski definition) is 10. The Labute approximate surface area is 246 Å². The highest BCUT2D eigenvalue weighted by Gasteiger charge is 2.27. The highest BCUT2D eigenvalue weighted by molar-refractivity contribution is 5.85. The third-order valence-electron chi connectivity index (χ3n) is 7.42. The van der Waals surface area contributed by atoms with Crippen LogP contribution in [0.25, 0.3) is 0 Å². The molecule has 0 aromatic carbocycles. The summed E-state index contributed by atoms with van der Waals surface area (Å²) in [6.45, 7) is 6.50. The van der Waals surface area contributed by atoms with Crippen molar-refractivity contribution in [2.45, 2.75) is 51.0 Å². The van der Waals surface area contributed by atoms with Gasteiger partial charge in [-0.15, -0.1) is 0 Å². The third kappa shape index (κ3) is 10.7. The van der Waals surface area contributed by atoms with Gasteiger partial charge in [-0.2, -0.15) is 0 Å². The van der Waals surface area contributed by atoms with Crippen LogP contribution in [0.2, 0.25) is 0 Å². The molecule has 4 rings (SSSR count). The second-order valence-corrected chi connectivity index (χ2v) is 10.5. The number of carbonyl (C=O) groups is 2. The average Bonchev–Trinajstić information content (AvgIpc) is 2.98. The molecule has 12 nitrogen and oxygen atoms in total. The van der Waals surface area contributed by atoms with Crippen molar-refractivity contribution in [3.05, 3.63) is 59.2 Å². The molecule has 230 valence electrons. The molecule has 2 aromatic heterocycles. The van der Waals surface area contributed by atoms with Crippen LogP contribution in [0.5, 0.6) is 0 Å². The van der Waals surface area contributed by atoms with Crippen LogP contribution < -0.4 is 0 Å². The number of aromatic carboxylic acids is 2. The molecule has 2 unspecified atom stereocenters. The van der Waals surface area contributed by atoms with Crippen molar-refractivity contribution in [1.82, 2.24) is 19.8 Å². The van der Waals surface area contributed by atoms with Gasteiger partial charge in [0.2, 0.25) is 0 Å². The second kappa shape index (κ2) is 17.2. The van der Waals surface area contributed by atoms with E-state index in [1.54, 1.807) is 12.1 Å². The topological polar surface area (TPSA) is 144 Å². The summed E-state index contributed by atoms with van der Waals surface area (Å²) in [6.07, 6.45) is 4.11. The van der Waals surface area contributed by atoms with Crippen LogP contribution in [-0.4, -0.2) is 120 Å². The van der Waals surface area contributed by atoms with Crippen LogP contribution in [0.1, 0.15) is 58.0 Å². The zero-order valence-electron chi connectivity index (χ0n) is 24.1. The summed E-state index contributed by atoms with van der Waals surface area (Å²) in [5.74, 6) is -2.09. The lowest BCUT2D eigenvalue weighted by Crippen LogP contribution is -2.39. The Morgan fingerprint density at radius 3 is 1.52 bits per heavy atom. The zero-order valence-corrected chi connectivity index (χ0v) is 24.1. The molecule has 2 aromatic rings. The maximum absolute atomic E-state index is 11.4. The first kappa shape index (κ1) is 31.9. The fraction of sp³-hybridized carbons (Fsp3) is 0.600. The molecule has 1 aliphatic heterocycles. The first-order valence-corrected chi connectivity index (χ1v) is 14.7. The fourth-order valence-corrected chi connectivity index (χ4v) is 5.19. The Morgan fingerprint density at radius 1 is 0.667 bits per heavy atom. The summed E-state index contributed by atoms with van der Waals surface area (Å²) in [6, 6.07) is 10.1. The lowest BCUT2D eigenvalue weighted by Gasteiger charge is -2.33. The maximum atomic E-state index is 11.4. The van der Waals surface area contributed by atoms with Gasteiger partial charge in [0, 0.05) is 39.3 Å². The van der Waals surface area contributed by atoms with Gasteiger partial charge in [0.1, 0.15) is 11.4 Å². The molecule has 42 heavy (non-hydrogen) atoms. The lowest BCUT2D eigenvalue weighted by molar-refractivity contribution is -0.0993. The first-order chi connectivity index (χ1) is 20.5. The van der Waals surface area contributed by atoms with Gasteiger partial charge in [-0.05, 0) is 37.1 Å². The summed E-state index contributed by atoms with van der Waals surface area (Å²) in [5.41, 5.74) is 1.44. The molecule has 2 atom stereocenters. The number of fused-ring (bicyclic) bond motifs is 1. The average molecular weight is 587 g/mol.